The molecule has 1 fully saturated rings. The van der Waals surface area contributed by atoms with Gasteiger partial charge in [0.1, 0.15) is 0 Å². The Balaban J connectivity index is 1.84. The van der Waals surface area contributed by atoms with Crippen molar-refractivity contribution in [2.24, 2.45) is 0 Å². The van der Waals surface area contributed by atoms with Gasteiger partial charge in [-0.05, 0) is 17.7 Å². The average Bonchev–Trinajstić information content (AvgIpc) is 2.73. The summed E-state index contributed by atoms with van der Waals surface area (Å²) in [6.07, 6.45) is 3.15. The van der Waals surface area contributed by atoms with Crippen LogP contribution in [0.25, 0.3) is 0 Å². The van der Waals surface area contributed by atoms with E-state index in [9.17, 15) is 0 Å². The average molecular weight is 238 g/mol. The minimum Gasteiger partial charge on any atom is -0.481 e. The van der Waals surface area contributed by atoms with Gasteiger partial charge in [0.15, 0.2) is 0 Å². The van der Waals surface area contributed by atoms with Crippen LogP contribution in [-0.2, 0) is 6.54 Å². The van der Waals surface area contributed by atoms with Crippen LogP contribution in [0.4, 0.5) is 0 Å². The van der Waals surface area contributed by atoms with E-state index < -0.39 is 0 Å². The number of methoxy groups -OCH3 is 1. The molecule has 1 saturated heterocycles. The molecule has 2 unspecified atom stereocenters. The van der Waals surface area contributed by atoms with E-state index in [-0.39, 0.29) is 0 Å². The number of nitrogens with zero attached hydrogens (tertiary/aromatic N) is 1. The molecular formula is C12H18N2OS. The van der Waals surface area contributed by atoms with Crippen molar-refractivity contribution in [3.8, 4) is 5.88 Å². The molecule has 0 saturated carbocycles. The van der Waals surface area contributed by atoms with E-state index in [0.717, 1.165) is 11.8 Å². The zero-order valence-corrected chi connectivity index (χ0v) is 10.6. The smallest absolute Gasteiger partial charge is 0.212 e. The Hall–Kier alpha value is -0.740. The van der Waals surface area contributed by atoms with Crippen molar-refractivity contribution in [3.63, 3.8) is 0 Å². The molecule has 0 aliphatic carbocycles. The Morgan fingerprint density at radius 1 is 1.56 bits per heavy atom. The summed E-state index contributed by atoms with van der Waals surface area (Å²) in [5.41, 5.74) is 1.21. The number of hydrogen-bond acceptors (Lipinski definition) is 4. The summed E-state index contributed by atoms with van der Waals surface area (Å²) in [5.74, 6) is 1.95. The van der Waals surface area contributed by atoms with E-state index in [1.54, 1.807) is 7.11 Å². The normalized spacial score (nSPS) is 24.6. The van der Waals surface area contributed by atoms with Gasteiger partial charge in [-0.1, -0.05) is 13.0 Å². The lowest BCUT2D eigenvalue weighted by Gasteiger charge is -2.16. The molecule has 1 aromatic rings. The number of nitrogens with one attached hydrogen (secondary N) is 1. The number of aromatic nitrogens is 1. The summed E-state index contributed by atoms with van der Waals surface area (Å²) in [5, 5.41) is 4.31. The van der Waals surface area contributed by atoms with Gasteiger partial charge in [0.05, 0.1) is 7.11 Å². The first-order valence-corrected chi connectivity index (χ1v) is 6.68. The predicted octanol–water partition coefficient (Wildman–Crippen LogP) is 2.07. The molecule has 0 aromatic carbocycles. The van der Waals surface area contributed by atoms with Crippen LogP contribution in [0.2, 0.25) is 0 Å². The van der Waals surface area contributed by atoms with Gasteiger partial charge < -0.3 is 10.1 Å². The number of rotatable bonds is 4. The third-order valence-corrected chi connectivity index (χ3v) is 4.28. The van der Waals surface area contributed by atoms with E-state index in [1.807, 2.05) is 24.0 Å². The number of pyridine rings is 1. The second-order valence-corrected chi connectivity index (χ2v) is 5.55. The first kappa shape index (κ1) is 11.7. The lowest BCUT2D eigenvalue weighted by Crippen LogP contribution is -2.32. The third kappa shape index (κ3) is 2.89. The molecule has 2 rings (SSSR count). The summed E-state index contributed by atoms with van der Waals surface area (Å²) >= 11 is 2.05. The highest BCUT2D eigenvalue weighted by Crippen LogP contribution is 2.26. The van der Waals surface area contributed by atoms with Gasteiger partial charge in [0.2, 0.25) is 5.88 Å². The monoisotopic (exact) mass is 238 g/mol. The lowest BCUT2D eigenvalue weighted by molar-refractivity contribution is 0.397. The van der Waals surface area contributed by atoms with Crippen LogP contribution in [-0.4, -0.2) is 29.1 Å². The van der Waals surface area contributed by atoms with Crippen LogP contribution in [0.15, 0.2) is 18.3 Å². The summed E-state index contributed by atoms with van der Waals surface area (Å²) in [7, 11) is 1.64. The van der Waals surface area contributed by atoms with Crippen LogP contribution in [0, 0.1) is 0 Å². The van der Waals surface area contributed by atoms with E-state index in [0.29, 0.717) is 11.9 Å². The van der Waals surface area contributed by atoms with Gasteiger partial charge in [-0.25, -0.2) is 4.98 Å². The molecule has 0 bridgehead atoms. The van der Waals surface area contributed by atoms with Crippen LogP contribution < -0.4 is 10.1 Å². The highest BCUT2D eigenvalue weighted by molar-refractivity contribution is 8.00. The van der Waals surface area contributed by atoms with Gasteiger partial charge in [-0.15, -0.1) is 0 Å². The molecule has 4 heteroatoms. The zero-order chi connectivity index (χ0) is 11.4. The summed E-state index contributed by atoms with van der Waals surface area (Å²) < 4.78 is 5.03. The van der Waals surface area contributed by atoms with Crippen molar-refractivity contribution in [2.45, 2.75) is 31.2 Å². The lowest BCUT2D eigenvalue weighted by atomic mass is 10.1. The summed E-state index contributed by atoms with van der Waals surface area (Å²) in [6.45, 7) is 3.19. The third-order valence-electron chi connectivity index (χ3n) is 2.95. The second-order valence-electron chi connectivity index (χ2n) is 4.06. The van der Waals surface area contributed by atoms with Gasteiger partial charge in [-0.3, -0.25) is 0 Å². The van der Waals surface area contributed by atoms with Crippen molar-refractivity contribution in [1.82, 2.24) is 10.3 Å². The second kappa shape index (κ2) is 5.55. The molecule has 1 aromatic heterocycles. The van der Waals surface area contributed by atoms with Crippen LogP contribution in [0.1, 0.15) is 18.9 Å². The van der Waals surface area contributed by atoms with Crippen molar-refractivity contribution < 1.29 is 4.74 Å². The van der Waals surface area contributed by atoms with Gasteiger partial charge >= 0.3 is 0 Å². The van der Waals surface area contributed by atoms with Crippen molar-refractivity contribution in [3.05, 3.63) is 23.9 Å². The maximum absolute atomic E-state index is 5.03. The molecule has 3 nitrogen and oxygen atoms in total. The van der Waals surface area contributed by atoms with E-state index in [1.165, 1.54) is 17.7 Å². The molecule has 1 N–H and O–H groups in total. The molecule has 2 atom stereocenters. The molecular weight excluding hydrogens is 220 g/mol. The molecule has 2 heterocycles. The maximum Gasteiger partial charge on any atom is 0.212 e. The van der Waals surface area contributed by atoms with Crippen LogP contribution in [0.5, 0.6) is 5.88 Å². The Morgan fingerprint density at radius 2 is 2.44 bits per heavy atom. The standard InChI is InChI=1S/C12H18N2OS/c1-9-11(5-6-16-9)13-7-10-3-4-12(15-2)14-8-10/h3-4,8-9,11,13H,5-7H2,1-2H3. The molecule has 1 aliphatic rings. The minimum atomic E-state index is 0.645. The fraction of sp³-hybridized carbons (Fsp3) is 0.583. The highest BCUT2D eigenvalue weighted by Gasteiger charge is 2.22. The van der Waals surface area contributed by atoms with Gasteiger partial charge in [0, 0.05) is 30.1 Å². The fourth-order valence-corrected chi connectivity index (χ4v) is 3.11. The van der Waals surface area contributed by atoms with Gasteiger partial charge in [0.25, 0.3) is 0 Å². The Kier molecular flexibility index (Phi) is 4.07. The molecule has 16 heavy (non-hydrogen) atoms. The molecule has 0 spiro atoms. The molecule has 0 radical (unpaired) electrons. The Labute approximate surface area is 101 Å². The maximum atomic E-state index is 5.03. The first-order chi connectivity index (χ1) is 7.79. The number of hydrogen-bond donors (Lipinski definition) is 1. The summed E-state index contributed by atoms with van der Waals surface area (Å²) in [6, 6.07) is 4.61. The SMILES string of the molecule is COc1ccc(CNC2CCSC2C)cn1. The first-order valence-electron chi connectivity index (χ1n) is 5.63. The Bertz CT molecular complexity index is 328. The molecule has 1 aliphatic heterocycles. The van der Waals surface area contributed by atoms with E-state index in [4.69, 9.17) is 4.74 Å². The summed E-state index contributed by atoms with van der Waals surface area (Å²) in [4.78, 5) is 4.19. The van der Waals surface area contributed by atoms with E-state index >= 15 is 0 Å². The Morgan fingerprint density at radius 3 is 3.00 bits per heavy atom. The quantitative estimate of drug-likeness (QED) is 0.871. The van der Waals surface area contributed by atoms with Crippen LogP contribution >= 0.6 is 11.8 Å². The largest absolute Gasteiger partial charge is 0.481 e. The van der Waals surface area contributed by atoms with Crippen molar-refractivity contribution in [1.29, 1.82) is 0 Å². The highest BCUT2D eigenvalue weighted by atomic mass is 32.2. The van der Waals surface area contributed by atoms with E-state index in [2.05, 4.69) is 23.3 Å². The molecule has 0 amide bonds. The predicted molar refractivity (Wildman–Crippen MR) is 68.0 cm³/mol. The number of ether oxygens (including phenoxy) is 1. The van der Waals surface area contributed by atoms with Crippen LogP contribution in [0.3, 0.4) is 0 Å². The fourth-order valence-electron chi connectivity index (χ4n) is 1.88. The molecule has 88 valence electrons. The topological polar surface area (TPSA) is 34.1 Å². The van der Waals surface area contributed by atoms with Crippen molar-refractivity contribution >= 4 is 11.8 Å². The zero-order valence-electron chi connectivity index (χ0n) is 9.77. The van der Waals surface area contributed by atoms with Gasteiger partial charge in [-0.2, -0.15) is 11.8 Å². The minimum absolute atomic E-state index is 0.645. The van der Waals surface area contributed by atoms with Crippen molar-refractivity contribution in [2.75, 3.05) is 12.9 Å². The number of thioether (sulfide) groups is 1.